The molecular weight excluding hydrogens is 583 g/mol. The van der Waals surface area contributed by atoms with E-state index in [-0.39, 0.29) is 39.0 Å². The van der Waals surface area contributed by atoms with Crippen molar-refractivity contribution in [2.24, 2.45) is 5.84 Å². The van der Waals surface area contributed by atoms with E-state index >= 15 is 0 Å². The van der Waals surface area contributed by atoms with E-state index in [9.17, 15) is 31.2 Å². The average molecular weight is 614 g/mol. The van der Waals surface area contributed by atoms with E-state index in [1.54, 1.807) is 6.08 Å². The molecule has 0 unspecified atom stereocenters. The summed E-state index contributed by atoms with van der Waals surface area (Å²) in [4.78, 5) is 23.2. The van der Waals surface area contributed by atoms with Crippen LogP contribution in [-0.4, -0.2) is 40.3 Å². The number of fused-ring (bicyclic) bond motifs is 1. The first-order chi connectivity index (χ1) is 20.0. The van der Waals surface area contributed by atoms with Gasteiger partial charge in [0, 0.05) is 23.1 Å². The van der Waals surface area contributed by atoms with Crippen LogP contribution in [0.2, 0.25) is 0 Å². The van der Waals surface area contributed by atoms with Crippen LogP contribution in [0.3, 0.4) is 0 Å². The van der Waals surface area contributed by atoms with Gasteiger partial charge in [-0.25, -0.2) is 23.0 Å². The number of aromatic nitrogens is 1. The molecule has 0 spiro atoms. The molecule has 226 valence electrons. The number of amides is 2. The second-order valence-corrected chi connectivity index (χ2v) is 12.9. The molecule has 4 aromatic rings. The molecule has 12 heteroatoms. The third-order valence-corrected chi connectivity index (χ3v) is 8.42. The van der Waals surface area contributed by atoms with Crippen LogP contribution in [0, 0.1) is 0 Å². The number of imide groups is 1. The van der Waals surface area contributed by atoms with Gasteiger partial charge in [0.15, 0.2) is 0 Å². The Kier molecular flexibility index (Phi) is 8.57. The minimum atomic E-state index is -4.62. The quantitative estimate of drug-likeness (QED) is 0.141. The van der Waals surface area contributed by atoms with Crippen LogP contribution in [-0.2, 0) is 28.0 Å². The molecule has 1 aromatic heterocycles. The van der Waals surface area contributed by atoms with Crippen molar-refractivity contribution in [2.75, 3.05) is 5.75 Å². The van der Waals surface area contributed by atoms with Crippen molar-refractivity contribution in [1.29, 1.82) is 0 Å². The van der Waals surface area contributed by atoms with Crippen LogP contribution < -0.4 is 5.84 Å². The van der Waals surface area contributed by atoms with Gasteiger partial charge in [-0.1, -0.05) is 69.3 Å². The summed E-state index contributed by atoms with van der Waals surface area (Å²) in [5.41, 5.74) is 1.69. The lowest BCUT2D eigenvalue weighted by Gasteiger charge is -2.19. The number of halogens is 3. The number of nitrogens with two attached hydrogens (primary N) is 1. The topological polar surface area (TPSA) is 123 Å². The fourth-order valence-electron chi connectivity index (χ4n) is 4.57. The van der Waals surface area contributed by atoms with Gasteiger partial charge in [0.1, 0.15) is 0 Å². The summed E-state index contributed by atoms with van der Waals surface area (Å²) in [7, 11) is -4.09. The molecule has 1 heterocycles. The van der Waals surface area contributed by atoms with Crippen LogP contribution in [0.4, 0.5) is 18.0 Å². The lowest BCUT2D eigenvalue weighted by molar-refractivity contribution is -0.137. The molecule has 0 aliphatic rings. The van der Waals surface area contributed by atoms with Crippen molar-refractivity contribution in [2.45, 2.75) is 38.8 Å². The zero-order valence-corrected chi connectivity index (χ0v) is 24.4. The number of carboxylic acid groups (broad SMARTS) is 1. The van der Waals surface area contributed by atoms with Gasteiger partial charge in [-0.05, 0) is 58.5 Å². The van der Waals surface area contributed by atoms with Crippen molar-refractivity contribution < 1.29 is 36.3 Å². The molecule has 0 radical (unpaired) electrons. The Morgan fingerprint density at radius 1 is 0.953 bits per heavy atom. The summed E-state index contributed by atoms with van der Waals surface area (Å²) < 4.78 is 68.7. The summed E-state index contributed by atoms with van der Waals surface area (Å²) in [6, 6.07) is 17.6. The van der Waals surface area contributed by atoms with Crippen LogP contribution in [0.5, 0.6) is 0 Å². The van der Waals surface area contributed by atoms with Gasteiger partial charge in [0.05, 0.1) is 16.8 Å². The maximum Gasteiger partial charge on any atom is 0.429 e. The van der Waals surface area contributed by atoms with Gasteiger partial charge in [0.25, 0.3) is 5.91 Å². The predicted molar refractivity (Wildman–Crippen MR) is 158 cm³/mol. The highest BCUT2D eigenvalue weighted by Gasteiger charge is 2.31. The SMILES string of the molecule is CC(C)(C)c1cccc(C=CCS(=O)(=O)n2c(Cc3ccc(C(=O)N(N)C(=O)O)cc3)cc3cc(C(F)(F)F)ccc32)c1. The van der Waals surface area contributed by atoms with E-state index < -0.39 is 39.5 Å². The normalized spacial score (nSPS) is 12.6. The molecule has 0 aliphatic heterocycles. The van der Waals surface area contributed by atoms with E-state index in [1.807, 2.05) is 24.3 Å². The summed E-state index contributed by atoms with van der Waals surface area (Å²) in [6.07, 6.45) is -3.08. The first-order valence-corrected chi connectivity index (χ1v) is 14.7. The van der Waals surface area contributed by atoms with Crippen molar-refractivity contribution in [3.63, 3.8) is 0 Å². The molecule has 4 rings (SSSR count). The van der Waals surface area contributed by atoms with Crippen molar-refractivity contribution in [3.05, 3.63) is 112 Å². The molecule has 0 fully saturated rings. The number of hydrazine groups is 1. The highest BCUT2D eigenvalue weighted by Crippen LogP contribution is 2.33. The lowest BCUT2D eigenvalue weighted by Crippen LogP contribution is -2.41. The summed E-state index contributed by atoms with van der Waals surface area (Å²) >= 11 is 0. The van der Waals surface area contributed by atoms with Crippen molar-refractivity contribution >= 4 is 39.0 Å². The number of alkyl halides is 3. The monoisotopic (exact) mass is 613 g/mol. The number of benzene rings is 3. The van der Waals surface area contributed by atoms with Gasteiger partial charge in [0.2, 0.25) is 10.0 Å². The molecule has 2 amide bonds. The van der Waals surface area contributed by atoms with Gasteiger partial charge in [-0.15, -0.1) is 0 Å². The highest BCUT2D eigenvalue weighted by molar-refractivity contribution is 7.90. The first kappa shape index (κ1) is 31.5. The van der Waals surface area contributed by atoms with E-state index in [0.717, 1.165) is 33.3 Å². The summed E-state index contributed by atoms with van der Waals surface area (Å²) in [5, 5.41) is 9.06. The maximum absolute atomic E-state index is 13.7. The van der Waals surface area contributed by atoms with Crippen LogP contribution in [0.15, 0.2) is 78.9 Å². The van der Waals surface area contributed by atoms with Crippen molar-refractivity contribution in [3.8, 4) is 0 Å². The molecule has 0 bridgehead atoms. The van der Waals surface area contributed by atoms with E-state index in [2.05, 4.69) is 20.8 Å². The summed E-state index contributed by atoms with van der Waals surface area (Å²) in [5.74, 6) is 3.86. The molecule has 3 N–H and O–H groups in total. The standard InChI is InChI=1S/C31H30F3N3O5S/c1-30(2,3)24-8-4-6-20(16-24)7-5-15-43(41,42)37-26(19-23-18-25(31(32,33)34)13-14-27(23)37)17-21-9-11-22(12-10-21)28(38)36(35)29(39)40/h4-14,16,18-19H,15,17,35H2,1-3H3,(H,39,40). The zero-order valence-electron chi connectivity index (χ0n) is 23.6. The molecule has 0 aliphatic carbocycles. The molecule has 43 heavy (non-hydrogen) atoms. The Hall–Kier alpha value is -4.42. The fourth-order valence-corrected chi connectivity index (χ4v) is 5.99. The average Bonchev–Trinajstić information content (AvgIpc) is 3.29. The van der Waals surface area contributed by atoms with Crippen LogP contribution >= 0.6 is 0 Å². The number of rotatable bonds is 7. The van der Waals surface area contributed by atoms with Gasteiger partial charge < -0.3 is 5.11 Å². The zero-order chi connectivity index (χ0) is 31.7. The van der Waals surface area contributed by atoms with E-state index in [1.165, 1.54) is 36.4 Å². The number of nitrogens with zero attached hydrogens (tertiary/aromatic N) is 2. The Morgan fingerprint density at radius 3 is 2.23 bits per heavy atom. The lowest BCUT2D eigenvalue weighted by atomic mass is 9.86. The molecular formula is C31H30F3N3O5S. The third kappa shape index (κ3) is 7.15. The Bertz CT molecular complexity index is 1820. The smallest absolute Gasteiger partial charge is 0.429 e. The largest absolute Gasteiger partial charge is 0.464 e. The van der Waals surface area contributed by atoms with E-state index in [0.29, 0.717) is 5.56 Å². The Labute approximate surface area is 246 Å². The van der Waals surface area contributed by atoms with Gasteiger partial charge >= 0.3 is 12.3 Å². The highest BCUT2D eigenvalue weighted by atomic mass is 32.2. The van der Waals surface area contributed by atoms with Crippen molar-refractivity contribution in [1.82, 2.24) is 8.98 Å². The van der Waals surface area contributed by atoms with E-state index in [4.69, 9.17) is 10.9 Å². The molecule has 3 aromatic carbocycles. The molecule has 8 nitrogen and oxygen atoms in total. The fraction of sp³-hybridized carbons (Fsp3) is 0.226. The van der Waals surface area contributed by atoms with Crippen LogP contribution in [0.1, 0.15) is 59.1 Å². The minimum Gasteiger partial charge on any atom is -0.464 e. The number of hydrogen-bond donors (Lipinski definition) is 2. The molecule has 0 saturated carbocycles. The predicted octanol–water partition coefficient (Wildman–Crippen LogP) is 6.43. The molecule has 0 saturated heterocycles. The third-order valence-electron chi connectivity index (χ3n) is 6.82. The Morgan fingerprint density at radius 2 is 1.63 bits per heavy atom. The first-order valence-electron chi connectivity index (χ1n) is 13.1. The number of hydrogen-bond acceptors (Lipinski definition) is 5. The van der Waals surface area contributed by atoms with Crippen LogP contribution in [0.25, 0.3) is 17.0 Å². The van der Waals surface area contributed by atoms with Gasteiger partial charge in [-0.3, -0.25) is 4.79 Å². The number of carbonyl (C=O) groups excluding carboxylic acids is 1. The molecule has 0 atom stereocenters. The number of carbonyl (C=O) groups is 2. The maximum atomic E-state index is 13.7. The Balaban J connectivity index is 1.70. The second-order valence-electron chi connectivity index (χ2n) is 11.1. The second kappa shape index (κ2) is 11.7. The summed E-state index contributed by atoms with van der Waals surface area (Å²) in [6.45, 7) is 6.20. The minimum absolute atomic E-state index is 0.00760. The van der Waals surface area contributed by atoms with Gasteiger partial charge in [-0.2, -0.15) is 18.2 Å².